The summed E-state index contributed by atoms with van der Waals surface area (Å²) in [7, 11) is 0. The number of nitrogens with one attached hydrogen (secondary N) is 1. The Bertz CT molecular complexity index is 549. The monoisotopic (exact) mass is 283 g/mol. The molecule has 0 unspecified atom stereocenters. The van der Waals surface area contributed by atoms with Gasteiger partial charge in [-0.25, -0.2) is 9.95 Å². The van der Waals surface area contributed by atoms with Crippen LogP contribution in [0.1, 0.15) is 18.4 Å². The smallest absolute Gasteiger partial charge is 0.360 e. The van der Waals surface area contributed by atoms with Gasteiger partial charge in [0.05, 0.1) is 17.5 Å². The Morgan fingerprint density at radius 2 is 2.35 bits per heavy atom. The van der Waals surface area contributed by atoms with Crippen molar-refractivity contribution in [1.29, 1.82) is 0 Å². The van der Waals surface area contributed by atoms with Gasteiger partial charge in [0.1, 0.15) is 0 Å². The molecule has 1 aromatic rings. The summed E-state index contributed by atoms with van der Waals surface area (Å²) in [5, 5.41) is 11.3. The molecule has 8 heteroatoms. The van der Waals surface area contributed by atoms with E-state index in [0.29, 0.717) is 24.9 Å². The number of aromatic nitrogens is 1. The molecule has 0 saturated carbocycles. The standard InChI is InChI=1S/C12H17N3O5/c13-9(4-8-5-14-20-12(8)19)10(16)15-3-1-2-7(6-15)11(17)18/h5,7,9,14H,1-4,6,13H2,(H,17,18)/t7-,9+/m1/s1. The van der Waals surface area contributed by atoms with Gasteiger partial charge in [0.2, 0.25) is 5.91 Å². The van der Waals surface area contributed by atoms with E-state index < -0.39 is 23.6 Å². The minimum absolute atomic E-state index is 0.0684. The van der Waals surface area contributed by atoms with Crippen LogP contribution in [0.3, 0.4) is 0 Å². The first-order chi connectivity index (χ1) is 9.49. The molecule has 0 bridgehead atoms. The van der Waals surface area contributed by atoms with Crippen molar-refractivity contribution in [3.05, 3.63) is 22.2 Å². The number of nitrogens with zero attached hydrogens (tertiary/aromatic N) is 1. The van der Waals surface area contributed by atoms with Crippen molar-refractivity contribution < 1.29 is 19.2 Å². The molecule has 1 aromatic heterocycles. The van der Waals surface area contributed by atoms with Crippen LogP contribution in [0.5, 0.6) is 0 Å². The first-order valence-electron chi connectivity index (χ1n) is 6.42. The molecule has 0 aromatic carbocycles. The highest BCUT2D eigenvalue weighted by molar-refractivity contribution is 5.83. The van der Waals surface area contributed by atoms with Gasteiger partial charge in [-0.05, 0) is 12.8 Å². The molecule has 2 rings (SSSR count). The molecule has 110 valence electrons. The highest BCUT2D eigenvalue weighted by atomic mass is 16.5. The van der Waals surface area contributed by atoms with E-state index in [1.807, 2.05) is 0 Å². The number of carboxylic acid groups (broad SMARTS) is 1. The Morgan fingerprint density at radius 3 is 2.95 bits per heavy atom. The summed E-state index contributed by atoms with van der Waals surface area (Å²) < 4.78 is 4.50. The third kappa shape index (κ3) is 3.08. The van der Waals surface area contributed by atoms with Gasteiger partial charge in [-0.15, -0.1) is 0 Å². The fourth-order valence-electron chi connectivity index (χ4n) is 2.36. The number of likely N-dealkylation sites (tertiary alicyclic amines) is 1. The first kappa shape index (κ1) is 14.3. The molecule has 1 saturated heterocycles. The third-order valence-corrected chi connectivity index (χ3v) is 3.49. The Balaban J connectivity index is 1.98. The van der Waals surface area contributed by atoms with Gasteiger partial charge >= 0.3 is 11.6 Å². The van der Waals surface area contributed by atoms with Crippen molar-refractivity contribution in [3.8, 4) is 0 Å². The number of carboxylic acids is 1. The average molecular weight is 283 g/mol. The second kappa shape index (κ2) is 5.91. The number of aromatic amines is 1. The van der Waals surface area contributed by atoms with Crippen LogP contribution in [0.4, 0.5) is 0 Å². The highest BCUT2D eigenvalue weighted by Crippen LogP contribution is 2.17. The van der Waals surface area contributed by atoms with Crippen LogP contribution in [-0.2, 0) is 16.0 Å². The van der Waals surface area contributed by atoms with Gasteiger partial charge in [0, 0.05) is 25.7 Å². The van der Waals surface area contributed by atoms with Crippen molar-refractivity contribution in [2.75, 3.05) is 13.1 Å². The fourth-order valence-corrected chi connectivity index (χ4v) is 2.36. The number of carbonyl (C=O) groups is 2. The Hall–Kier alpha value is -2.09. The van der Waals surface area contributed by atoms with E-state index in [0.717, 1.165) is 0 Å². The SMILES string of the molecule is N[C@@H](Cc1c[nH]oc1=O)C(=O)N1CCC[C@@H](C(=O)O)C1. The maximum absolute atomic E-state index is 12.2. The molecule has 0 radical (unpaired) electrons. The van der Waals surface area contributed by atoms with Crippen LogP contribution in [0.25, 0.3) is 0 Å². The van der Waals surface area contributed by atoms with E-state index in [2.05, 4.69) is 9.68 Å². The van der Waals surface area contributed by atoms with E-state index >= 15 is 0 Å². The van der Waals surface area contributed by atoms with Crippen LogP contribution in [-0.4, -0.2) is 46.2 Å². The van der Waals surface area contributed by atoms with Gasteiger partial charge in [-0.1, -0.05) is 0 Å². The van der Waals surface area contributed by atoms with Crippen LogP contribution in [0, 0.1) is 5.92 Å². The van der Waals surface area contributed by atoms with E-state index in [9.17, 15) is 14.4 Å². The lowest BCUT2D eigenvalue weighted by atomic mass is 9.97. The van der Waals surface area contributed by atoms with Gasteiger partial charge < -0.3 is 20.3 Å². The maximum atomic E-state index is 12.2. The quantitative estimate of drug-likeness (QED) is 0.660. The summed E-state index contributed by atoms with van der Waals surface area (Å²) in [6, 6.07) is -0.874. The zero-order chi connectivity index (χ0) is 14.7. The number of rotatable bonds is 4. The predicted molar refractivity (Wildman–Crippen MR) is 67.9 cm³/mol. The average Bonchev–Trinajstić information content (AvgIpc) is 2.83. The van der Waals surface area contributed by atoms with Crippen LogP contribution in [0.2, 0.25) is 0 Å². The summed E-state index contributed by atoms with van der Waals surface area (Å²) in [6.07, 6.45) is 2.64. The second-order valence-corrected chi connectivity index (χ2v) is 4.95. The van der Waals surface area contributed by atoms with Crippen molar-refractivity contribution in [2.24, 2.45) is 11.7 Å². The lowest BCUT2D eigenvalue weighted by Crippen LogP contribution is -2.50. The number of amides is 1. The van der Waals surface area contributed by atoms with Crippen LogP contribution >= 0.6 is 0 Å². The molecule has 1 aliphatic heterocycles. The van der Waals surface area contributed by atoms with E-state index in [4.69, 9.17) is 10.8 Å². The third-order valence-electron chi connectivity index (χ3n) is 3.49. The lowest BCUT2D eigenvalue weighted by molar-refractivity contribution is -0.146. The van der Waals surface area contributed by atoms with Gasteiger partial charge in [-0.3, -0.25) is 9.59 Å². The van der Waals surface area contributed by atoms with Crippen molar-refractivity contribution >= 4 is 11.9 Å². The van der Waals surface area contributed by atoms with Crippen molar-refractivity contribution in [1.82, 2.24) is 10.1 Å². The largest absolute Gasteiger partial charge is 0.481 e. The zero-order valence-corrected chi connectivity index (χ0v) is 10.9. The summed E-state index contributed by atoms with van der Waals surface area (Å²) >= 11 is 0. The van der Waals surface area contributed by atoms with Crippen molar-refractivity contribution in [3.63, 3.8) is 0 Å². The summed E-state index contributed by atoms with van der Waals surface area (Å²) in [5.74, 6) is -1.78. The van der Waals surface area contributed by atoms with Gasteiger partial charge in [0.25, 0.3) is 0 Å². The molecule has 8 nitrogen and oxygen atoms in total. The topological polar surface area (TPSA) is 130 Å². The maximum Gasteiger partial charge on any atom is 0.360 e. The second-order valence-electron chi connectivity index (χ2n) is 4.95. The van der Waals surface area contributed by atoms with E-state index in [1.165, 1.54) is 11.1 Å². The first-order valence-corrected chi connectivity index (χ1v) is 6.42. The predicted octanol–water partition coefficient (Wildman–Crippen LogP) is -0.839. The molecule has 2 atom stereocenters. The molecule has 0 spiro atoms. The molecule has 1 aliphatic rings. The molecular formula is C12H17N3O5. The minimum Gasteiger partial charge on any atom is -0.481 e. The number of carbonyl (C=O) groups excluding carboxylic acids is 1. The molecule has 2 heterocycles. The van der Waals surface area contributed by atoms with Crippen molar-refractivity contribution in [2.45, 2.75) is 25.3 Å². The molecule has 1 amide bonds. The number of H-pyrrole nitrogens is 1. The number of aliphatic carboxylic acids is 1. The molecule has 20 heavy (non-hydrogen) atoms. The number of nitrogens with two attached hydrogens (primary N) is 1. The highest BCUT2D eigenvalue weighted by Gasteiger charge is 2.30. The Morgan fingerprint density at radius 1 is 1.60 bits per heavy atom. The Labute approximate surface area is 114 Å². The number of hydrogen-bond donors (Lipinski definition) is 3. The summed E-state index contributed by atoms with van der Waals surface area (Å²) in [4.78, 5) is 35.8. The fraction of sp³-hybridized carbons (Fsp3) is 0.583. The molecule has 0 aliphatic carbocycles. The van der Waals surface area contributed by atoms with Crippen LogP contribution in [0.15, 0.2) is 15.5 Å². The minimum atomic E-state index is -0.901. The van der Waals surface area contributed by atoms with E-state index in [-0.39, 0.29) is 18.9 Å². The Kier molecular flexibility index (Phi) is 4.23. The van der Waals surface area contributed by atoms with E-state index in [1.54, 1.807) is 0 Å². The normalized spacial score (nSPS) is 20.6. The van der Waals surface area contributed by atoms with Gasteiger partial charge in [0.15, 0.2) is 0 Å². The van der Waals surface area contributed by atoms with Gasteiger partial charge in [-0.2, -0.15) is 0 Å². The molecule has 4 N–H and O–H groups in total. The molecular weight excluding hydrogens is 266 g/mol. The summed E-state index contributed by atoms with van der Waals surface area (Å²) in [5.41, 5.74) is 5.55. The lowest BCUT2D eigenvalue weighted by Gasteiger charge is -2.32. The number of hydrogen-bond acceptors (Lipinski definition) is 5. The van der Waals surface area contributed by atoms with Crippen LogP contribution < -0.4 is 11.4 Å². The zero-order valence-electron chi connectivity index (χ0n) is 10.9. The number of piperidine rings is 1. The molecule has 1 fully saturated rings. The summed E-state index contributed by atoms with van der Waals surface area (Å²) in [6.45, 7) is 0.668.